The molecule has 78 valence electrons. The Labute approximate surface area is 81.1 Å². The van der Waals surface area contributed by atoms with Crippen LogP contribution < -0.4 is 11.1 Å². The summed E-state index contributed by atoms with van der Waals surface area (Å²) >= 11 is 0. The quantitative estimate of drug-likeness (QED) is 0.611. The lowest BCUT2D eigenvalue weighted by Gasteiger charge is -2.29. The summed E-state index contributed by atoms with van der Waals surface area (Å²) in [5.74, 6) is 0.392. The zero-order valence-electron chi connectivity index (χ0n) is 9.18. The summed E-state index contributed by atoms with van der Waals surface area (Å²) in [5, 5.41) is 3.24. The molecular weight excluding hydrogens is 164 g/mol. The van der Waals surface area contributed by atoms with E-state index in [9.17, 15) is 4.79 Å². The number of nitrogens with two attached hydrogens (primary N) is 1. The lowest BCUT2D eigenvalue weighted by molar-refractivity contribution is -0.117. The van der Waals surface area contributed by atoms with Crippen LogP contribution >= 0.6 is 0 Å². The molecule has 3 nitrogen and oxygen atoms in total. The van der Waals surface area contributed by atoms with Crippen molar-refractivity contribution in [3.8, 4) is 0 Å². The minimum absolute atomic E-state index is 0.241. The highest BCUT2D eigenvalue weighted by Crippen LogP contribution is 2.24. The zero-order valence-corrected chi connectivity index (χ0v) is 9.18. The van der Waals surface area contributed by atoms with Crippen LogP contribution in [0.3, 0.4) is 0 Å². The van der Waals surface area contributed by atoms with E-state index >= 15 is 0 Å². The first-order chi connectivity index (χ1) is 5.86. The van der Waals surface area contributed by atoms with Crippen LogP contribution in [-0.2, 0) is 4.79 Å². The van der Waals surface area contributed by atoms with Crippen LogP contribution in [0.25, 0.3) is 0 Å². The van der Waals surface area contributed by atoms with E-state index in [1.54, 1.807) is 0 Å². The van der Waals surface area contributed by atoms with Crippen molar-refractivity contribution in [1.82, 2.24) is 5.32 Å². The summed E-state index contributed by atoms with van der Waals surface area (Å²) in [4.78, 5) is 10.4. The van der Waals surface area contributed by atoms with Gasteiger partial charge < -0.3 is 11.1 Å². The predicted octanol–water partition coefficient (Wildman–Crippen LogP) is 1.13. The molecular formula is C10H22N2O. The van der Waals surface area contributed by atoms with Crippen LogP contribution in [0.5, 0.6) is 0 Å². The first kappa shape index (κ1) is 12.4. The molecule has 0 fully saturated rings. The van der Waals surface area contributed by atoms with Gasteiger partial charge in [0.25, 0.3) is 0 Å². The van der Waals surface area contributed by atoms with E-state index in [1.165, 1.54) is 0 Å². The molecule has 0 aliphatic rings. The van der Waals surface area contributed by atoms with Crippen molar-refractivity contribution in [2.75, 3.05) is 13.1 Å². The van der Waals surface area contributed by atoms with Gasteiger partial charge in [-0.25, -0.2) is 0 Å². The van der Waals surface area contributed by atoms with Crippen LogP contribution in [0.4, 0.5) is 0 Å². The minimum atomic E-state index is -0.241. The molecule has 0 aromatic heterocycles. The Bertz CT molecular complexity index is 164. The Balaban J connectivity index is 3.58. The Kier molecular flexibility index (Phi) is 4.99. The Morgan fingerprint density at radius 2 is 2.00 bits per heavy atom. The number of rotatable bonds is 6. The highest BCUT2D eigenvalue weighted by molar-refractivity contribution is 5.73. The van der Waals surface area contributed by atoms with Gasteiger partial charge in [0, 0.05) is 19.5 Å². The molecule has 0 rings (SSSR count). The third-order valence-corrected chi connectivity index (χ3v) is 2.69. The fourth-order valence-corrected chi connectivity index (χ4v) is 0.826. The minimum Gasteiger partial charge on any atom is -0.370 e. The first-order valence-corrected chi connectivity index (χ1v) is 4.85. The largest absolute Gasteiger partial charge is 0.370 e. The van der Waals surface area contributed by atoms with Crippen molar-refractivity contribution in [1.29, 1.82) is 0 Å². The van der Waals surface area contributed by atoms with Crippen LogP contribution in [0.15, 0.2) is 0 Å². The average Bonchev–Trinajstić information content (AvgIpc) is 1.97. The van der Waals surface area contributed by atoms with Gasteiger partial charge in [-0.1, -0.05) is 27.7 Å². The second-order valence-electron chi connectivity index (χ2n) is 4.54. The van der Waals surface area contributed by atoms with Crippen molar-refractivity contribution < 1.29 is 4.79 Å². The van der Waals surface area contributed by atoms with E-state index in [0.717, 1.165) is 6.54 Å². The molecule has 1 amide bonds. The van der Waals surface area contributed by atoms with Gasteiger partial charge in [-0.3, -0.25) is 4.79 Å². The zero-order chi connectivity index (χ0) is 10.5. The Hall–Kier alpha value is -0.570. The summed E-state index contributed by atoms with van der Waals surface area (Å²) in [5.41, 5.74) is 5.30. The van der Waals surface area contributed by atoms with E-state index in [1.807, 2.05) is 0 Å². The lowest BCUT2D eigenvalue weighted by Crippen LogP contribution is -2.35. The fraction of sp³-hybridized carbons (Fsp3) is 0.900. The average molecular weight is 186 g/mol. The van der Waals surface area contributed by atoms with Gasteiger partial charge in [0.05, 0.1) is 0 Å². The van der Waals surface area contributed by atoms with Crippen LogP contribution in [0.2, 0.25) is 0 Å². The van der Waals surface area contributed by atoms with Crippen LogP contribution in [-0.4, -0.2) is 19.0 Å². The second kappa shape index (κ2) is 5.22. The molecule has 13 heavy (non-hydrogen) atoms. The van der Waals surface area contributed by atoms with E-state index in [2.05, 4.69) is 33.0 Å². The molecule has 0 atom stereocenters. The topological polar surface area (TPSA) is 55.1 Å². The third kappa shape index (κ3) is 5.64. The van der Waals surface area contributed by atoms with Gasteiger partial charge >= 0.3 is 0 Å². The SMILES string of the molecule is CC(C)C(C)(C)CNCCC(N)=O. The second-order valence-corrected chi connectivity index (χ2v) is 4.54. The summed E-state index contributed by atoms with van der Waals surface area (Å²) in [6.45, 7) is 10.5. The van der Waals surface area contributed by atoms with Gasteiger partial charge in [0.1, 0.15) is 0 Å². The summed E-state index contributed by atoms with van der Waals surface area (Å²) in [6.07, 6.45) is 0.425. The maximum Gasteiger partial charge on any atom is 0.218 e. The summed E-state index contributed by atoms with van der Waals surface area (Å²) < 4.78 is 0. The van der Waals surface area contributed by atoms with Crippen molar-refractivity contribution >= 4 is 5.91 Å². The van der Waals surface area contributed by atoms with Crippen LogP contribution in [0, 0.1) is 11.3 Å². The number of primary amides is 1. The van der Waals surface area contributed by atoms with Crippen molar-refractivity contribution in [3.05, 3.63) is 0 Å². The molecule has 0 radical (unpaired) electrons. The molecule has 0 aromatic carbocycles. The fourth-order valence-electron chi connectivity index (χ4n) is 0.826. The van der Waals surface area contributed by atoms with Gasteiger partial charge in [0.2, 0.25) is 5.91 Å². The summed E-state index contributed by atoms with van der Waals surface area (Å²) in [6, 6.07) is 0. The molecule has 0 spiro atoms. The predicted molar refractivity (Wildman–Crippen MR) is 55.3 cm³/mol. The van der Waals surface area contributed by atoms with Crippen molar-refractivity contribution in [2.24, 2.45) is 17.1 Å². The Morgan fingerprint density at radius 3 is 2.38 bits per heavy atom. The Morgan fingerprint density at radius 1 is 1.46 bits per heavy atom. The third-order valence-electron chi connectivity index (χ3n) is 2.69. The highest BCUT2D eigenvalue weighted by atomic mass is 16.1. The lowest BCUT2D eigenvalue weighted by atomic mass is 9.81. The molecule has 0 aromatic rings. The van der Waals surface area contributed by atoms with Crippen LogP contribution in [0.1, 0.15) is 34.1 Å². The molecule has 3 N–H and O–H groups in total. The van der Waals surface area contributed by atoms with Gasteiger partial charge in [-0.15, -0.1) is 0 Å². The number of carbonyl (C=O) groups is 1. The molecule has 0 bridgehead atoms. The molecule has 0 unspecified atom stereocenters. The molecule has 0 heterocycles. The normalized spacial score (nSPS) is 12.1. The van der Waals surface area contributed by atoms with E-state index in [4.69, 9.17) is 5.73 Å². The van der Waals surface area contributed by atoms with E-state index in [-0.39, 0.29) is 11.3 Å². The van der Waals surface area contributed by atoms with Crippen molar-refractivity contribution in [3.63, 3.8) is 0 Å². The molecule has 0 aliphatic carbocycles. The number of carbonyl (C=O) groups excluding carboxylic acids is 1. The maximum atomic E-state index is 10.4. The van der Waals surface area contributed by atoms with E-state index < -0.39 is 0 Å². The maximum absolute atomic E-state index is 10.4. The summed E-state index contributed by atoms with van der Waals surface area (Å²) in [7, 11) is 0. The molecule has 3 heteroatoms. The molecule has 0 saturated heterocycles. The standard InChI is InChI=1S/C10H22N2O/c1-8(2)10(3,4)7-12-6-5-9(11)13/h8,12H,5-7H2,1-4H3,(H2,11,13). The highest BCUT2D eigenvalue weighted by Gasteiger charge is 2.21. The van der Waals surface area contributed by atoms with Crippen molar-refractivity contribution in [2.45, 2.75) is 34.1 Å². The number of hydrogen-bond acceptors (Lipinski definition) is 2. The smallest absolute Gasteiger partial charge is 0.218 e. The first-order valence-electron chi connectivity index (χ1n) is 4.85. The number of hydrogen-bond donors (Lipinski definition) is 2. The number of nitrogens with one attached hydrogen (secondary N) is 1. The molecule has 0 aliphatic heterocycles. The van der Waals surface area contributed by atoms with E-state index in [0.29, 0.717) is 18.9 Å². The van der Waals surface area contributed by atoms with Gasteiger partial charge in [-0.2, -0.15) is 0 Å². The van der Waals surface area contributed by atoms with Gasteiger partial charge in [0.15, 0.2) is 0 Å². The molecule has 0 saturated carbocycles. The number of amides is 1. The monoisotopic (exact) mass is 186 g/mol. The van der Waals surface area contributed by atoms with Gasteiger partial charge in [-0.05, 0) is 11.3 Å².